The van der Waals surface area contributed by atoms with Crippen LogP contribution in [0.25, 0.3) is 10.9 Å². The third kappa shape index (κ3) is 3.50. The number of methoxy groups -OCH3 is 1. The topological polar surface area (TPSA) is 136 Å². The minimum Gasteiger partial charge on any atom is -0.492 e. The standard InChI is InChI=1S/C23H27N5O5/c1-25-18(22-26-6-8-33-22)12-5-7-27(10-12)16-9-15(24)17-19(21(16)32-2)28(13-3-4-13)11-14(20(17)29)23(30)31/h6,8-9,11-13,18,25H,3-5,7,10,24H2,1-2H3,(H,30,31). The second-order valence-corrected chi connectivity index (χ2v) is 8.69. The van der Waals surface area contributed by atoms with E-state index in [1.165, 1.54) is 6.20 Å². The first-order chi connectivity index (χ1) is 15.9. The van der Waals surface area contributed by atoms with E-state index in [2.05, 4.69) is 15.2 Å². The van der Waals surface area contributed by atoms with Crippen molar-refractivity contribution >= 4 is 28.2 Å². The molecular weight excluding hydrogens is 426 g/mol. The van der Waals surface area contributed by atoms with Gasteiger partial charge in [-0.1, -0.05) is 0 Å². The molecule has 10 heteroatoms. The van der Waals surface area contributed by atoms with Gasteiger partial charge in [0.15, 0.2) is 5.75 Å². The molecule has 0 bridgehead atoms. The summed E-state index contributed by atoms with van der Waals surface area (Å²) in [6.07, 6.45) is 7.38. The third-order valence-electron chi connectivity index (χ3n) is 6.70. The quantitative estimate of drug-likeness (QED) is 0.461. The first-order valence-electron chi connectivity index (χ1n) is 11.0. The Morgan fingerprint density at radius 3 is 2.79 bits per heavy atom. The number of nitrogen functional groups attached to an aromatic ring is 1. The second kappa shape index (κ2) is 8.11. The fraction of sp³-hybridized carbons (Fsp3) is 0.435. The van der Waals surface area contributed by atoms with E-state index in [4.69, 9.17) is 14.9 Å². The summed E-state index contributed by atoms with van der Waals surface area (Å²) in [7, 11) is 3.46. The van der Waals surface area contributed by atoms with Crippen LogP contribution in [0.15, 0.2) is 33.9 Å². The zero-order valence-corrected chi connectivity index (χ0v) is 18.6. The van der Waals surface area contributed by atoms with Gasteiger partial charge in [-0.2, -0.15) is 0 Å². The van der Waals surface area contributed by atoms with Gasteiger partial charge in [0.1, 0.15) is 11.8 Å². The Labute approximate surface area is 189 Å². The summed E-state index contributed by atoms with van der Waals surface area (Å²) in [5.41, 5.74) is 7.13. The van der Waals surface area contributed by atoms with Crippen LogP contribution in [0.5, 0.6) is 5.75 Å². The Kier molecular flexibility index (Phi) is 5.24. The molecule has 0 amide bonds. The molecule has 2 unspecified atom stereocenters. The van der Waals surface area contributed by atoms with Gasteiger partial charge in [-0.25, -0.2) is 9.78 Å². The highest BCUT2D eigenvalue weighted by molar-refractivity contribution is 6.03. The number of aromatic carboxylic acids is 1. The smallest absolute Gasteiger partial charge is 0.341 e. The second-order valence-electron chi connectivity index (χ2n) is 8.69. The summed E-state index contributed by atoms with van der Waals surface area (Å²) in [5, 5.41) is 13.1. The molecule has 1 saturated heterocycles. The molecule has 1 aliphatic carbocycles. The molecule has 0 spiro atoms. The van der Waals surface area contributed by atoms with Crippen molar-refractivity contribution in [2.24, 2.45) is 5.92 Å². The van der Waals surface area contributed by atoms with Crippen LogP contribution in [0, 0.1) is 5.92 Å². The number of carboxylic acid groups (broad SMARTS) is 1. The summed E-state index contributed by atoms with van der Waals surface area (Å²) < 4.78 is 13.2. The van der Waals surface area contributed by atoms with Gasteiger partial charge in [-0.15, -0.1) is 0 Å². The van der Waals surface area contributed by atoms with Crippen molar-refractivity contribution in [3.05, 3.63) is 46.4 Å². The molecule has 10 nitrogen and oxygen atoms in total. The van der Waals surface area contributed by atoms with Crippen molar-refractivity contribution in [2.45, 2.75) is 31.3 Å². The van der Waals surface area contributed by atoms with Crippen molar-refractivity contribution in [3.8, 4) is 5.75 Å². The van der Waals surface area contributed by atoms with Crippen molar-refractivity contribution in [1.82, 2.24) is 14.9 Å². The summed E-state index contributed by atoms with van der Waals surface area (Å²) in [6, 6.07) is 1.82. The van der Waals surface area contributed by atoms with Gasteiger partial charge in [-0.05, 0) is 32.4 Å². The lowest BCUT2D eigenvalue weighted by atomic mass is 9.99. The minimum atomic E-state index is -1.26. The number of fused-ring (bicyclic) bond motifs is 1. The fourth-order valence-corrected chi connectivity index (χ4v) is 4.99. The number of hydrogen-bond acceptors (Lipinski definition) is 8. The number of aromatic nitrogens is 2. The van der Waals surface area contributed by atoms with E-state index in [0.29, 0.717) is 17.2 Å². The average molecular weight is 453 g/mol. The lowest BCUT2D eigenvalue weighted by Gasteiger charge is -2.26. The first kappa shape index (κ1) is 21.3. The molecule has 3 aromatic rings. The molecule has 5 rings (SSSR count). The minimum absolute atomic E-state index is 0.0310. The Balaban J connectivity index is 1.61. The van der Waals surface area contributed by atoms with Crippen molar-refractivity contribution in [2.75, 3.05) is 37.9 Å². The molecule has 2 aromatic heterocycles. The average Bonchev–Trinajstić information content (AvgIpc) is 3.28. The van der Waals surface area contributed by atoms with Crippen molar-refractivity contribution in [1.29, 1.82) is 0 Å². The lowest BCUT2D eigenvalue weighted by molar-refractivity contribution is 0.0695. The van der Waals surface area contributed by atoms with Crippen molar-refractivity contribution in [3.63, 3.8) is 0 Å². The van der Waals surface area contributed by atoms with E-state index in [1.807, 2.05) is 11.6 Å². The Hall–Kier alpha value is -3.53. The van der Waals surface area contributed by atoms with Gasteiger partial charge < -0.3 is 34.8 Å². The first-order valence-corrected chi connectivity index (χ1v) is 11.0. The van der Waals surface area contributed by atoms with Crippen LogP contribution in [0.2, 0.25) is 0 Å². The number of rotatable bonds is 7. The summed E-state index contributed by atoms with van der Waals surface area (Å²) in [4.78, 5) is 31.2. The van der Waals surface area contributed by atoms with Crippen LogP contribution in [-0.4, -0.2) is 47.9 Å². The number of oxazole rings is 1. The number of pyridine rings is 1. The van der Waals surface area contributed by atoms with Gasteiger partial charge in [0.05, 0.1) is 35.9 Å². The maximum atomic E-state index is 13.0. The van der Waals surface area contributed by atoms with Crippen LogP contribution in [0.3, 0.4) is 0 Å². The summed E-state index contributed by atoms with van der Waals surface area (Å²) >= 11 is 0. The van der Waals surface area contributed by atoms with Gasteiger partial charge in [0.25, 0.3) is 0 Å². The molecule has 2 atom stereocenters. The van der Waals surface area contributed by atoms with E-state index in [-0.39, 0.29) is 34.6 Å². The predicted molar refractivity (Wildman–Crippen MR) is 123 cm³/mol. The highest BCUT2D eigenvalue weighted by Gasteiger charge is 2.35. The number of carboxylic acids is 1. The number of hydrogen-bond donors (Lipinski definition) is 3. The molecule has 174 valence electrons. The maximum absolute atomic E-state index is 13.0. The molecule has 1 saturated carbocycles. The zero-order chi connectivity index (χ0) is 23.3. The highest BCUT2D eigenvalue weighted by atomic mass is 16.5. The van der Waals surface area contributed by atoms with E-state index >= 15 is 0 Å². The number of nitrogens with zero attached hydrogens (tertiary/aromatic N) is 3. The number of benzene rings is 1. The van der Waals surface area contributed by atoms with Crippen LogP contribution in [-0.2, 0) is 0 Å². The molecule has 1 aliphatic heterocycles. The lowest BCUT2D eigenvalue weighted by Crippen LogP contribution is -2.29. The molecule has 0 radical (unpaired) electrons. The van der Waals surface area contributed by atoms with Crippen LogP contribution < -0.4 is 26.1 Å². The summed E-state index contributed by atoms with van der Waals surface area (Å²) in [6.45, 7) is 1.49. The fourth-order valence-electron chi connectivity index (χ4n) is 4.99. The van der Waals surface area contributed by atoms with Gasteiger partial charge >= 0.3 is 5.97 Å². The third-order valence-corrected chi connectivity index (χ3v) is 6.70. The molecule has 33 heavy (non-hydrogen) atoms. The molecule has 2 aliphatic rings. The van der Waals surface area contributed by atoms with E-state index in [1.54, 1.807) is 25.6 Å². The Morgan fingerprint density at radius 1 is 1.39 bits per heavy atom. The zero-order valence-electron chi connectivity index (χ0n) is 18.6. The van der Waals surface area contributed by atoms with Gasteiger partial charge in [0.2, 0.25) is 11.3 Å². The van der Waals surface area contributed by atoms with E-state index < -0.39 is 11.4 Å². The predicted octanol–water partition coefficient (Wildman–Crippen LogP) is 2.40. The van der Waals surface area contributed by atoms with Crippen LogP contribution >= 0.6 is 0 Å². The van der Waals surface area contributed by atoms with E-state index in [9.17, 15) is 14.7 Å². The number of carbonyl (C=O) groups is 1. The van der Waals surface area contributed by atoms with Crippen LogP contribution in [0.4, 0.5) is 11.4 Å². The summed E-state index contributed by atoms with van der Waals surface area (Å²) in [5.74, 6) is 0.178. The van der Waals surface area contributed by atoms with E-state index in [0.717, 1.165) is 38.0 Å². The Bertz CT molecular complexity index is 1260. The molecule has 4 N–H and O–H groups in total. The molecule has 3 heterocycles. The monoisotopic (exact) mass is 453 g/mol. The SMILES string of the molecule is CNC(c1ncco1)C1CCN(c2cc(N)c3c(=O)c(C(=O)O)cn(C4CC4)c3c2OC)C1. The number of nitrogens with two attached hydrogens (primary N) is 1. The van der Waals surface area contributed by atoms with Gasteiger partial charge in [0, 0.05) is 36.9 Å². The van der Waals surface area contributed by atoms with Crippen molar-refractivity contribution < 1.29 is 19.1 Å². The maximum Gasteiger partial charge on any atom is 0.341 e. The van der Waals surface area contributed by atoms with Crippen LogP contribution in [0.1, 0.15) is 47.6 Å². The number of ether oxygens (including phenoxy) is 1. The normalized spacial score (nSPS) is 19.2. The molecular formula is C23H27N5O5. The molecule has 2 fully saturated rings. The largest absolute Gasteiger partial charge is 0.492 e. The highest BCUT2D eigenvalue weighted by Crippen LogP contribution is 2.45. The number of nitrogens with one attached hydrogen (secondary N) is 1. The van der Waals surface area contributed by atoms with Gasteiger partial charge in [-0.3, -0.25) is 4.79 Å². The Morgan fingerprint density at radius 2 is 2.18 bits per heavy atom. The number of anilines is 2. The molecule has 1 aromatic carbocycles.